The van der Waals surface area contributed by atoms with Gasteiger partial charge in [-0.25, -0.2) is 0 Å². The lowest BCUT2D eigenvalue weighted by molar-refractivity contribution is -0.0603. The highest BCUT2D eigenvalue weighted by Crippen LogP contribution is 2.39. The van der Waals surface area contributed by atoms with Crippen molar-refractivity contribution < 1.29 is 14.6 Å². The van der Waals surface area contributed by atoms with E-state index in [4.69, 9.17) is 9.47 Å². The molecule has 4 heteroatoms. The van der Waals surface area contributed by atoms with E-state index in [-0.39, 0.29) is 18.2 Å². The summed E-state index contributed by atoms with van der Waals surface area (Å²) < 4.78 is 11.6. The van der Waals surface area contributed by atoms with Crippen LogP contribution in [0.15, 0.2) is 0 Å². The fourth-order valence-corrected chi connectivity index (χ4v) is 2.87. The second-order valence-corrected chi connectivity index (χ2v) is 6.02. The first-order valence-corrected chi connectivity index (χ1v) is 7.86. The monoisotopic (exact) mass is 271 g/mol. The second kappa shape index (κ2) is 7.58. The van der Waals surface area contributed by atoms with Gasteiger partial charge in [-0.3, -0.25) is 0 Å². The fourth-order valence-electron chi connectivity index (χ4n) is 2.87. The standard InChI is InChI=1S/C15H29NO3/c1-2-8-16-15(11-17,13-6-7-13)12-18-10-14-5-3-4-9-19-14/h13-14,16-17H,2-12H2,1H3. The lowest BCUT2D eigenvalue weighted by atomic mass is 9.95. The van der Waals surface area contributed by atoms with Crippen LogP contribution in [0.25, 0.3) is 0 Å². The van der Waals surface area contributed by atoms with E-state index in [1.807, 2.05) is 0 Å². The summed E-state index contributed by atoms with van der Waals surface area (Å²) in [4.78, 5) is 0. The van der Waals surface area contributed by atoms with Crippen molar-refractivity contribution in [2.75, 3.05) is 33.0 Å². The third-order valence-corrected chi connectivity index (χ3v) is 4.31. The van der Waals surface area contributed by atoms with Crippen molar-refractivity contribution >= 4 is 0 Å². The summed E-state index contributed by atoms with van der Waals surface area (Å²) in [5, 5.41) is 13.3. The summed E-state index contributed by atoms with van der Waals surface area (Å²) in [6.07, 6.45) is 7.29. The van der Waals surface area contributed by atoms with Gasteiger partial charge in [0.15, 0.2) is 0 Å². The van der Waals surface area contributed by atoms with Gasteiger partial charge in [0.05, 0.1) is 31.5 Å². The number of nitrogens with one attached hydrogen (secondary N) is 1. The molecular formula is C15H29NO3. The van der Waals surface area contributed by atoms with E-state index in [2.05, 4.69) is 12.2 Å². The normalized spacial score (nSPS) is 27.2. The topological polar surface area (TPSA) is 50.7 Å². The maximum Gasteiger partial charge on any atom is 0.0808 e. The minimum atomic E-state index is -0.218. The van der Waals surface area contributed by atoms with Crippen LogP contribution in [0.3, 0.4) is 0 Å². The zero-order valence-corrected chi connectivity index (χ0v) is 12.2. The van der Waals surface area contributed by atoms with E-state index in [1.165, 1.54) is 25.7 Å². The van der Waals surface area contributed by atoms with Gasteiger partial charge in [0.25, 0.3) is 0 Å². The quantitative estimate of drug-likeness (QED) is 0.670. The molecule has 2 fully saturated rings. The Morgan fingerprint density at radius 1 is 1.32 bits per heavy atom. The van der Waals surface area contributed by atoms with Crippen LogP contribution in [0.2, 0.25) is 0 Å². The third-order valence-electron chi connectivity index (χ3n) is 4.31. The van der Waals surface area contributed by atoms with Crippen molar-refractivity contribution in [3.63, 3.8) is 0 Å². The summed E-state index contributed by atoms with van der Waals surface area (Å²) in [5.74, 6) is 0.580. The predicted octanol–water partition coefficient (Wildman–Crippen LogP) is 1.71. The molecule has 1 aliphatic heterocycles. The van der Waals surface area contributed by atoms with Crippen molar-refractivity contribution in [2.45, 2.75) is 57.1 Å². The van der Waals surface area contributed by atoms with E-state index < -0.39 is 0 Å². The Labute approximate surface area is 116 Å². The molecule has 0 aromatic carbocycles. The van der Waals surface area contributed by atoms with Gasteiger partial charge >= 0.3 is 0 Å². The molecule has 1 heterocycles. The first-order chi connectivity index (χ1) is 9.30. The highest BCUT2D eigenvalue weighted by Gasteiger charge is 2.44. The molecule has 0 aromatic heterocycles. The molecule has 1 aliphatic carbocycles. The smallest absolute Gasteiger partial charge is 0.0808 e. The van der Waals surface area contributed by atoms with E-state index in [0.29, 0.717) is 19.1 Å². The summed E-state index contributed by atoms with van der Waals surface area (Å²) >= 11 is 0. The molecule has 2 atom stereocenters. The van der Waals surface area contributed by atoms with Crippen LogP contribution in [0.1, 0.15) is 45.4 Å². The average Bonchev–Trinajstić information content (AvgIpc) is 3.29. The third kappa shape index (κ3) is 4.42. The first kappa shape index (κ1) is 15.2. The van der Waals surface area contributed by atoms with E-state index in [1.54, 1.807) is 0 Å². The highest BCUT2D eigenvalue weighted by atomic mass is 16.5. The van der Waals surface area contributed by atoms with Crippen LogP contribution >= 0.6 is 0 Å². The van der Waals surface area contributed by atoms with Gasteiger partial charge in [0.1, 0.15) is 0 Å². The Kier molecular flexibility index (Phi) is 6.07. The van der Waals surface area contributed by atoms with E-state index in [9.17, 15) is 5.11 Å². The van der Waals surface area contributed by atoms with Gasteiger partial charge in [0.2, 0.25) is 0 Å². The Morgan fingerprint density at radius 3 is 2.74 bits per heavy atom. The molecule has 0 radical (unpaired) electrons. The molecule has 4 nitrogen and oxygen atoms in total. The number of hydrogen-bond acceptors (Lipinski definition) is 4. The molecule has 1 saturated heterocycles. The zero-order chi connectivity index (χ0) is 13.6. The number of rotatable bonds is 9. The van der Waals surface area contributed by atoms with Gasteiger partial charge in [-0.2, -0.15) is 0 Å². The Balaban J connectivity index is 1.75. The Morgan fingerprint density at radius 2 is 2.16 bits per heavy atom. The van der Waals surface area contributed by atoms with Crippen LogP contribution in [0, 0.1) is 5.92 Å². The SMILES string of the molecule is CCCNC(CO)(COCC1CCCCO1)C1CC1. The molecule has 2 aliphatic rings. The van der Waals surface area contributed by atoms with Gasteiger partial charge in [-0.05, 0) is 51.0 Å². The van der Waals surface area contributed by atoms with Crippen LogP contribution in [0.4, 0.5) is 0 Å². The minimum absolute atomic E-state index is 0.170. The fraction of sp³-hybridized carbons (Fsp3) is 1.00. The Bertz CT molecular complexity index is 252. The van der Waals surface area contributed by atoms with Crippen LogP contribution in [0.5, 0.6) is 0 Å². The molecule has 2 N–H and O–H groups in total. The summed E-state index contributed by atoms with van der Waals surface area (Å²) in [6.45, 7) is 5.41. The first-order valence-electron chi connectivity index (χ1n) is 7.86. The van der Waals surface area contributed by atoms with E-state index in [0.717, 1.165) is 26.0 Å². The molecule has 0 aromatic rings. The molecule has 112 valence electrons. The zero-order valence-electron chi connectivity index (χ0n) is 12.2. The molecule has 0 spiro atoms. The molecular weight excluding hydrogens is 242 g/mol. The lowest BCUT2D eigenvalue weighted by Crippen LogP contribution is -2.54. The van der Waals surface area contributed by atoms with Crippen molar-refractivity contribution in [3.05, 3.63) is 0 Å². The average molecular weight is 271 g/mol. The number of hydrogen-bond donors (Lipinski definition) is 2. The van der Waals surface area contributed by atoms with Gasteiger partial charge in [0, 0.05) is 6.61 Å². The Hall–Kier alpha value is -0.160. The van der Waals surface area contributed by atoms with Gasteiger partial charge < -0.3 is 19.9 Å². The van der Waals surface area contributed by atoms with Gasteiger partial charge in [-0.15, -0.1) is 0 Å². The molecule has 19 heavy (non-hydrogen) atoms. The van der Waals surface area contributed by atoms with Crippen LogP contribution in [-0.4, -0.2) is 49.7 Å². The lowest BCUT2D eigenvalue weighted by Gasteiger charge is -2.34. The second-order valence-electron chi connectivity index (χ2n) is 6.02. The molecule has 0 amide bonds. The predicted molar refractivity (Wildman–Crippen MR) is 75.2 cm³/mol. The number of aliphatic hydroxyl groups is 1. The maximum atomic E-state index is 9.78. The minimum Gasteiger partial charge on any atom is -0.394 e. The molecule has 0 bridgehead atoms. The number of ether oxygens (including phenoxy) is 2. The molecule has 2 rings (SSSR count). The summed E-state index contributed by atoms with van der Waals surface area (Å²) in [6, 6.07) is 0. The van der Waals surface area contributed by atoms with Crippen LogP contribution in [-0.2, 0) is 9.47 Å². The van der Waals surface area contributed by atoms with Gasteiger partial charge in [-0.1, -0.05) is 6.92 Å². The number of aliphatic hydroxyl groups excluding tert-OH is 1. The van der Waals surface area contributed by atoms with Crippen LogP contribution < -0.4 is 5.32 Å². The largest absolute Gasteiger partial charge is 0.394 e. The molecule has 2 unspecified atom stereocenters. The maximum absolute atomic E-state index is 9.78. The van der Waals surface area contributed by atoms with E-state index >= 15 is 0 Å². The summed E-state index contributed by atoms with van der Waals surface area (Å²) in [5.41, 5.74) is -0.218. The molecule has 1 saturated carbocycles. The van der Waals surface area contributed by atoms with Crippen molar-refractivity contribution in [1.29, 1.82) is 0 Å². The highest BCUT2D eigenvalue weighted by molar-refractivity contribution is 5.01. The summed E-state index contributed by atoms with van der Waals surface area (Å²) in [7, 11) is 0. The van der Waals surface area contributed by atoms with Crippen molar-refractivity contribution in [2.24, 2.45) is 5.92 Å². The van der Waals surface area contributed by atoms with Crippen molar-refractivity contribution in [3.8, 4) is 0 Å². The van der Waals surface area contributed by atoms with Crippen molar-refractivity contribution in [1.82, 2.24) is 5.32 Å².